The monoisotopic (exact) mass is 845 g/mol. The maximum Gasteiger partial charge on any atom is 0.251 e. The summed E-state index contributed by atoms with van der Waals surface area (Å²) in [5.41, 5.74) is 23.6. The molecule has 0 unspecified atom stereocenters. The number of nitrogens with zero attached hydrogens (tertiary/aromatic N) is 4. The molecule has 0 fully saturated rings. The predicted octanol–water partition coefficient (Wildman–Crippen LogP) is 2.73. The number of rotatable bonds is 16. The van der Waals surface area contributed by atoms with Gasteiger partial charge in [0.25, 0.3) is 5.91 Å². The van der Waals surface area contributed by atoms with Gasteiger partial charge in [0.2, 0.25) is 17.7 Å². The van der Waals surface area contributed by atoms with Gasteiger partial charge >= 0.3 is 0 Å². The van der Waals surface area contributed by atoms with Crippen LogP contribution < -0.4 is 42.6 Å². The second kappa shape index (κ2) is 21.2. The smallest absolute Gasteiger partial charge is 0.251 e. The van der Waals surface area contributed by atoms with Gasteiger partial charge in [-0.25, -0.2) is 0 Å². The third-order valence-corrected chi connectivity index (χ3v) is 10.7. The number of hydrogen-bond donors (Lipinski definition) is 7. The first-order chi connectivity index (χ1) is 30.0. The van der Waals surface area contributed by atoms with Gasteiger partial charge in [-0.05, 0) is 84.0 Å². The number of aromatic amines is 1. The van der Waals surface area contributed by atoms with Crippen LogP contribution in [0, 0.1) is 0 Å². The molecule has 4 aromatic carbocycles. The van der Waals surface area contributed by atoms with Crippen molar-refractivity contribution in [3.8, 4) is 33.8 Å². The van der Waals surface area contributed by atoms with Crippen molar-refractivity contribution in [2.24, 2.45) is 17.2 Å². The quantitative estimate of drug-likeness (QED) is 0.0757. The Morgan fingerprint density at radius 2 is 1.50 bits per heavy atom. The second-order valence-electron chi connectivity index (χ2n) is 15.1. The zero-order valence-corrected chi connectivity index (χ0v) is 35.2. The maximum absolute atomic E-state index is 14.5. The van der Waals surface area contributed by atoms with E-state index in [9.17, 15) is 19.2 Å². The van der Waals surface area contributed by atoms with Gasteiger partial charge < -0.3 is 47.5 Å². The van der Waals surface area contributed by atoms with Crippen molar-refractivity contribution in [2.75, 3.05) is 39.9 Å². The molecule has 17 heteroatoms. The van der Waals surface area contributed by atoms with Crippen LogP contribution in [0.25, 0.3) is 22.3 Å². The molecule has 62 heavy (non-hydrogen) atoms. The van der Waals surface area contributed by atoms with Crippen LogP contribution in [0.3, 0.4) is 0 Å². The van der Waals surface area contributed by atoms with Crippen molar-refractivity contribution < 1.29 is 28.7 Å². The number of nitrogens with two attached hydrogens (primary N) is 3. The maximum atomic E-state index is 14.5. The molecule has 0 spiro atoms. The number of nitrogens with one attached hydrogen (secondary N) is 4. The zero-order chi connectivity index (χ0) is 44.2. The average molecular weight is 846 g/mol. The summed E-state index contributed by atoms with van der Waals surface area (Å²) in [5.74, 6) is -1.24. The lowest BCUT2D eigenvalue weighted by atomic mass is 9.93. The van der Waals surface area contributed by atoms with Crippen molar-refractivity contribution in [2.45, 2.75) is 63.7 Å². The molecule has 0 saturated carbocycles. The number of likely N-dealkylation sites (N-methyl/N-ethyl adjacent to an activating group) is 1. The average Bonchev–Trinajstić information content (AvgIpc) is 3.84. The molecule has 10 N–H and O–H groups in total. The number of hydrogen-bond acceptors (Lipinski definition) is 12. The van der Waals surface area contributed by atoms with Crippen LogP contribution in [0.2, 0.25) is 0 Å². The number of aryl methyl sites for hydroxylation is 1. The van der Waals surface area contributed by atoms with E-state index in [1.165, 1.54) is 24.4 Å². The number of fused-ring (bicyclic) bond motifs is 5. The largest absolute Gasteiger partial charge is 0.492 e. The molecule has 1 aliphatic heterocycles. The minimum absolute atomic E-state index is 0.184. The summed E-state index contributed by atoms with van der Waals surface area (Å²) in [6, 6.07) is 21.7. The number of carbonyl (C=O) groups excluding carboxylic acids is 4. The van der Waals surface area contributed by atoms with Crippen molar-refractivity contribution in [3.05, 3.63) is 113 Å². The predicted molar refractivity (Wildman–Crippen MR) is 234 cm³/mol. The lowest BCUT2D eigenvalue weighted by Gasteiger charge is -2.32. The van der Waals surface area contributed by atoms with Gasteiger partial charge in [0.1, 0.15) is 42.8 Å². The minimum Gasteiger partial charge on any atom is -0.492 e. The Morgan fingerprint density at radius 1 is 0.855 bits per heavy atom. The fraction of sp³-hybridized carbons (Fsp3) is 0.356. The van der Waals surface area contributed by atoms with E-state index in [2.05, 4.69) is 67.8 Å². The Hall–Kier alpha value is -6.69. The number of tetrazole rings is 1. The van der Waals surface area contributed by atoms with Gasteiger partial charge in [0.15, 0.2) is 5.82 Å². The standard InChI is InChI=1S/C45H55N11O6/c1-4-5-6-28-7-10-30(11-8-28)31-12-14-32(15-13-31)43(58)51-37(26-48)45(60)56(3)40-33-16-18-39(62-22-20-47)35(25-33)34-23-29(9-17-38(34)61-21-19-46)24-36(41-52-54-55-53-41)50-42(57)27(2)49-44(40)59/h7-18,23,25,27,36-37,40H,4-6,19-22,24,26,46-48H2,1-3H3,(H,49,59)(H,50,57)(H,51,58)(H,52,53,54,55)/t27-,36-,37-,40-/m0/s1. The van der Waals surface area contributed by atoms with Gasteiger partial charge in [-0.15, -0.1) is 10.2 Å². The molecule has 0 aliphatic carbocycles. The summed E-state index contributed by atoms with van der Waals surface area (Å²) < 4.78 is 12.2. The topological polar surface area (TPSA) is 259 Å². The van der Waals surface area contributed by atoms with Crippen LogP contribution in [0.1, 0.15) is 71.6 Å². The van der Waals surface area contributed by atoms with Gasteiger partial charge in [0, 0.05) is 49.8 Å². The van der Waals surface area contributed by atoms with Crippen LogP contribution in [0.5, 0.6) is 11.5 Å². The van der Waals surface area contributed by atoms with E-state index < -0.39 is 47.8 Å². The highest BCUT2D eigenvalue weighted by Crippen LogP contribution is 2.40. The number of unbranched alkanes of at least 4 members (excludes halogenated alkanes) is 1. The normalized spacial score (nSPS) is 16.9. The third-order valence-electron chi connectivity index (χ3n) is 10.7. The summed E-state index contributed by atoms with van der Waals surface area (Å²) in [6.45, 7) is 4.29. The fourth-order valence-electron chi connectivity index (χ4n) is 7.29. The number of H-pyrrole nitrogens is 1. The van der Waals surface area contributed by atoms with Gasteiger partial charge in [0.05, 0.1) is 6.04 Å². The number of aromatic nitrogens is 4. The van der Waals surface area contributed by atoms with Gasteiger partial charge in [-0.1, -0.05) is 67.1 Å². The zero-order valence-electron chi connectivity index (χ0n) is 35.2. The first-order valence-corrected chi connectivity index (χ1v) is 20.8. The van der Waals surface area contributed by atoms with E-state index in [0.717, 1.165) is 36.0 Å². The van der Waals surface area contributed by atoms with Crippen LogP contribution in [-0.4, -0.2) is 101 Å². The number of benzene rings is 4. The van der Waals surface area contributed by atoms with Crippen molar-refractivity contribution in [3.63, 3.8) is 0 Å². The second-order valence-corrected chi connectivity index (χ2v) is 15.1. The number of carbonyl (C=O) groups is 4. The lowest BCUT2D eigenvalue weighted by Crippen LogP contribution is -2.55. The molecule has 0 saturated heterocycles. The van der Waals surface area contributed by atoms with E-state index >= 15 is 0 Å². The van der Waals surface area contributed by atoms with E-state index in [1.807, 2.05) is 24.3 Å². The molecular formula is C45H55N11O6. The highest BCUT2D eigenvalue weighted by molar-refractivity contribution is 5.99. The van der Waals surface area contributed by atoms with Crippen molar-refractivity contribution in [1.82, 2.24) is 41.5 Å². The van der Waals surface area contributed by atoms with Crippen molar-refractivity contribution in [1.29, 1.82) is 0 Å². The highest BCUT2D eigenvalue weighted by Gasteiger charge is 2.36. The number of ether oxygens (including phenoxy) is 2. The summed E-state index contributed by atoms with van der Waals surface area (Å²) in [7, 11) is 1.44. The summed E-state index contributed by atoms with van der Waals surface area (Å²) >= 11 is 0. The molecule has 0 radical (unpaired) electrons. The molecule has 1 aromatic heterocycles. The first-order valence-electron chi connectivity index (χ1n) is 20.8. The summed E-state index contributed by atoms with van der Waals surface area (Å²) in [4.78, 5) is 57.4. The Morgan fingerprint density at radius 3 is 2.11 bits per heavy atom. The SMILES string of the molecule is CCCCc1ccc(-c2ccc(C(=O)N[C@@H](CN)C(=O)N(C)[C@@H]3C(=O)N[C@@H](C)C(=O)N[C@H](c4nn[nH]n4)Cc4ccc(OCCN)c(c4)-c4cc3ccc4OCCN)cc2)cc1. The Balaban J connectivity index is 1.34. The van der Waals surface area contributed by atoms with E-state index in [4.69, 9.17) is 26.7 Å². The van der Waals surface area contributed by atoms with E-state index in [0.29, 0.717) is 33.8 Å². The number of amides is 4. The minimum atomic E-state index is -1.33. The van der Waals surface area contributed by atoms with Gasteiger partial charge in [-0.3, -0.25) is 19.2 Å². The molecular weight excluding hydrogens is 791 g/mol. The Bertz CT molecular complexity index is 2300. The van der Waals surface area contributed by atoms with E-state index in [-0.39, 0.29) is 45.1 Å². The molecule has 4 amide bonds. The summed E-state index contributed by atoms with van der Waals surface area (Å²) in [5, 5.41) is 22.8. The Kier molecular flexibility index (Phi) is 15.3. The van der Waals surface area contributed by atoms with Crippen LogP contribution in [-0.2, 0) is 27.2 Å². The molecule has 326 valence electrons. The highest BCUT2D eigenvalue weighted by atomic mass is 16.5. The molecule has 4 bridgehead atoms. The lowest BCUT2D eigenvalue weighted by molar-refractivity contribution is -0.141. The summed E-state index contributed by atoms with van der Waals surface area (Å²) in [6.07, 6.45) is 3.53. The molecule has 6 rings (SSSR count). The van der Waals surface area contributed by atoms with Gasteiger partial charge in [-0.2, -0.15) is 5.21 Å². The fourth-order valence-corrected chi connectivity index (χ4v) is 7.29. The van der Waals surface area contributed by atoms with Crippen LogP contribution in [0.15, 0.2) is 84.9 Å². The third kappa shape index (κ3) is 10.8. The Labute approximate surface area is 360 Å². The molecule has 17 nitrogen and oxygen atoms in total. The van der Waals surface area contributed by atoms with Crippen molar-refractivity contribution >= 4 is 23.6 Å². The first kappa shape index (κ1) is 44.9. The molecule has 4 atom stereocenters. The molecule has 5 aromatic rings. The van der Waals surface area contributed by atoms with E-state index in [1.54, 1.807) is 36.4 Å². The molecule has 1 aliphatic rings. The molecule has 2 heterocycles. The van der Waals surface area contributed by atoms with Crippen LogP contribution >= 0.6 is 0 Å². The van der Waals surface area contributed by atoms with Crippen LogP contribution in [0.4, 0.5) is 0 Å².